The molecule has 5 nitrogen and oxygen atoms in total. The molecule has 0 aliphatic rings. The lowest BCUT2D eigenvalue weighted by molar-refractivity contribution is -0.113. The molecule has 0 fully saturated rings. The van der Waals surface area contributed by atoms with Gasteiger partial charge in [0.2, 0.25) is 11.0 Å². The number of amides is 1. The zero-order valence-electron chi connectivity index (χ0n) is 10.9. The number of carbonyl (C=O) groups excluding carboxylic acids is 1. The minimum Gasteiger partial charge on any atom is -0.486 e. The first-order valence-electron chi connectivity index (χ1n) is 6.11. The van der Waals surface area contributed by atoms with Crippen LogP contribution in [0.2, 0.25) is 0 Å². The predicted octanol–water partition coefficient (Wildman–Crippen LogP) is 2.86. The number of ether oxygens (including phenoxy) is 1. The minimum atomic E-state index is -0.301. The molecule has 7 heteroatoms. The molecule has 106 valence electrons. The predicted molar refractivity (Wildman–Crippen MR) is 79.4 cm³/mol. The molecular formula is C13H14ClN3O2S. The molecule has 1 heterocycles. The number of halogens is 1. The monoisotopic (exact) mass is 311 g/mol. The van der Waals surface area contributed by atoms with Gasteiger partial charge in [0.15, 0.2) is 5.01 Å². The van der Waals surface area contributed by atoms with E-state index in [1.807, 2.05) is 24.3 Å². The highest BCUT2D eigenvalue weighted by Gasteiger charge is 2.07. The van der Waals surface area contributed by atoms with Crippen molar-refractivity contribution in [1.82, 2.24) is 10.2 Å². The number of nitrogens with one attached hydrogen (secondary N) is 1. The van der Waals surface area contributed by atoms with Crippen molar-refractivity contribution in [3.63, 3.8) is 0 Å². The van der Waals surface area contributed by atoms with Gasteiger partial charge in [-0.05, 0) is 24.1 Å². The van der Waals surface area contributed by atoms with Crippen LogP contribution in [-0.2, 0) is 17.8 Å². The average molecular weight is 312 g/mol. The number of rotatable bonds is 6. The number of aryl methyl sites for hydroxylation is 1. The fourth-order valence-electron chi connectivity index (χ4n) is 1.48. The summed E-state index contributed by atoms with van der Waals surface area (Å²) in [5.74, 6) is 0.379. The molecule has 2 aromatic rings. The number of aromatic nitrogens is 2. The topological polar surface area (TPSA) is 64.1 Å². The van der Waals surface area contributed by atoms with Gasteiger partial charge in [0, 0.05) is 0 Å². The van der Waals surface area contributed by atoms with Gasteiger partial charge < -0.3 is 4.74 Å². The molecule has 0 bridgehead atoms. The standard InChI is InChI=1S/C13H14ClN3O2S/c1-2-9-3-5-10(6-4-9)19-8-12-16-17-13(20-12)15-11(18)7-14/h3-6H,2,7-8H2,1H3,(H,15,17,18). The van der Waals surface area contributed by atoms with Crippen LogP contribution in [0.15, 0.2) is 24.3 Å². The molecule has 1 aromatic carbocycles. The Bertz CT molecular complexity index is 571. The molecule has 0 atom stereocenters. The maximum atomic E-state index is 11.1. The number of hydrogen-bond acceptors (Lipinski definition) is 5. The first kappa shape index (κ1) is 14.7. The van der Waals surface area contributed by atoms with Crippen LogP contribution in [0.1, 0.15) is 17.5 Å². The van der Waals surface area contributed by atoms with E-state index in [0.29, 0.717) is 16.7 Å². The van der Waals surface area contributed by atoms with Crippen LogP contribution in [0, 0.1) is 0 Å². The summed E-state index contributed by atoms with van der Waals surface area (Å²) in [4.78, 5) is 11.1. The third kappa shape index (κ3) is 4.18. The maximum Gasteiger partial charge on any atom is 0.241 e. The summed E-state index contributed by atoms with van der Waals surface area (Å²) in [7, 11) is 0. The van der Waals surface area contributed by atoms with Crippen molar-refractivity contribution in [2.75, 3.05) is 11.2 Å². The number of alkyl halides is 1. The van der Waals surface area contributed by atoms with Crippen molar-refractivity contribution in [2.24, 2.45) is 0 Å². The molecule has 0 radical (unpaired) electrons. The number of hydrogen-bond donors (Lipinski definition) is 1. The molecular weight excluding hydrogens is 298 g/mol. The van der Waals surface area contributed by atoms with Crippen molar-refractivity contribution in [3.05, 3.63) is 34.8 Å². The van der Waals surface area contributed by atoms with Gasteiger partial charge in [-0.3, -0.25) is 10.1 Å². The highest BCUT2D eigenvalue weighted by Crippen LogP contribution is 2.18. The molecule has 0 spiro atoms. The Labute approximate surface area is 125 Å². The van der Waals surface area contributed by atoms with Crippen LogP contribution in [-0.4, -0.2) is 22.0 Å². The van der Waals surface area contributed by atoms with E-state index in [0.717, 1.165) is 12.2 Å². The Morgan fingerprint density at radius 3 is 2.75 bits per heavy atom. The molecule has 0 aliphatic heterocycles. The Balaban J connectivity index is 1.88. The van der Waals surface area contributed by atoms with E-state index >= 15 is 0 Å². The lowest BCUT2D eigenvalue weighted by Crippen LogP contribution is -2.12. The Kier molecular flexibility index (Phi) is 5.31. The van der Waals surface area contributed by atoms with Crippen LogP contribution in [0.25, 0.3) is 0 Å². The molecule has 0 saturated carbocycles. The third-order valence-corrected chi connectivity index (χ3v) is 3.58. The number of anilines is 1. The van der Waals surface area contributed by atoms with Crippen molar-refractivity contribution in [1.29, 1.82) is 0 Å². The van der Waals surface area contributed by atoms with Crippen molar-refractivity contribution in [2.45, 2.75) is 20.0 Å². The van der Waals surface area contributed by atoms with E-state index in [1.165, 1.54) is 16.9 Å². The quantitative estimate of drug-likeness (QED) is 0.833. The van der Waals surface area contributed by atoms with Gasteiger partial charge in [-0.2, -0.15) is 0 Å². The van der Waals surface area contributed by atoms with Gasteiger partial charge in [0.1, 0.15) is 18.2 Å². The summed E-state index contributed by atoms with van der Waals surface area (Å²) in [5.41, 5.74) is 1.26. The van der Waals surface area contributed by atoms with Gasteiger partial charge in [-0.25, -0.2) is 0 Å². The Hall–Kier alpha value is -1.66. The lowest BCUT2D eigenvalue weighted by Gasteiger charge is -2.04. The van der Waals surface area contributed by atoms with Gasteiger partial charge >= 0.3 is 0 Å². The lowest BCUT2D eigenvalue weighted by atomic mass is 10.2. The third-order valence-electron chi connectivity index (χ3n) is 2.53. The highest BCUT2D eigenvalue weighted by molar-refractivity contribution is 7.15. The fourth-order valence-corrected chi connectivity index (χ4v) is 2.22. The normalized spacial score (nSPS) is 10.3. The Morgan fingerprint density at radius 1 is 1.35 bits per heavy atom. The van der Waals surface area contributed by atoms with E-state index in [4.69, 9.17) is 16.3 Å². The van der Waals surface area contributed by atoms with Crippen LogP contribution in [0.4, 0.5) is 5.13 Å². The fraction of sp³-hybridized carbons (Fsp3) is 0.308. The number of benzene rings is 1. The average Bonchev–Trinajstić information content (AvgIpc) is 2.93. The van der Waals surface area contributed by atoms with Crippen LogP contribution < -0.4 is 10.1 Å². The van der Waals surface area contributed by atoms with E-state index in [9.17, 15) is 4.79 Å². The first-order chi connectivity index (χ1) is 9.71. The second-order valence-corrected chi connectivity index (χ2v) is 5.30. The summed E-state index contributed by atoms with van der Waals surface area (Å²) in [6, 6.07) is 7.91. The molecule has 20 heavy (non-hydrogen) atoms. The molecule has 1 amide bonds. The molecule has 1 aromatic heterocycles. The summed E-state index contributed by atoms with van der Waals surface area (Å²) in [6.07, 6.45) is 1.00. The summed E-state index contributed by atoms with van der Waals surface area (Å²) < 4.78 is 5.61. The highest BCUT2D eigenvalue weighted by atomic mass is 35.5. The second kappa shape index (κ2) is 7.21. The second-order valence-electron chi connectivity index (χ2n) is 3.97. The molecule has 2 rings (SSSR count). The summed E-state index contributed by atoms with van der Waals surface area (Å²) in [6.45, 7) is 2.42. The van der Waals surface area contributed by atoms with Gasteiger partial charge in [0.25, 0.3) is 0 Å². The van der Waals surface area contributed by atoms with Crippen molar-refractivity contribution in [3.8, 4) is 5.75 Å². The van der Waals surface area contributed by atoms with Gasteiger partial charge in [-0.15, -0.1) is 21.8 Å². The molecule has 1 N–H and O–H groups in total. The van der Waals surface area contributed by atoms with Gasteiger partial charge in [0.05, 0.1) is 0 Å². The first-order valence-corrected chi connectivity index (χ1v) is 7.46. The SMILES string of the molecule is CCc1ccc(OCc2nnc(NC(=O)CCl)s2)cc1. The number of nitrogens with zero attached hydrogens (tertiary/aromatic N) is 2. The maximum absolute atomic E-state index is 11.1. The van der Waals surface area contributed by atoms with Crippen LogP contribution in [0.5, 0.6) is 5.75 Å². The van der Waals surface area contributed by atoms with Gasteiger partial charge in [-0.1, -0.05) is 30.4 Å². The van der Waals surface area contributed by atoms with E-state index in [1.54, 1.807) is 0 Å². The molecule has 0 saturated heterocycles. The zero-order valence-corrected chi connectivity index (χ0v) is 12.5. The van der Waals surface area contributed by atoms with E-state index < -0.39 is 0 Å². The molecule has 0 unspecified atom stereocenters. The largest absolute Gasteiger partial charge is 0.486 e. The zero-order chi connectivity index (χ0) is 14.4. The smallest absolute Gasteiger partial charge is 0.241 e. The van der Waals surface area contributed by atoms with Crippen molar-refractivity contribution < 1.29 is 9.53 Å². The summed E-state index contributed by atoms with van der Waals surface area (Å²) in [5, 5.41) is 11.4. The van der Waals surface area contributed by atoms with Crippen LogP contribution in [0.3, 0.4) is 0 Å². The van der Waals surface area contributed by atoms with E-state index in [2.05, 4.69) is 22.4 Å². The minimum absolute atomic E-state index is 0.102. The summed E-state index contributed by atoms with van der Waals surface area (Å²) >= 11 is 6.66. The van der Waals surface area contributed by atoms with Crippen LogP contribution >= 0.6 is 22.9 Å². The van der Waals surface area contributed by atoms with Crippen molar-refractivity contribution >= 4 is 34.0 Å². The van der Waals surface area contributed by atoms with E-state index in [-0.39, 0.29) is 11.8 Å². The number of carbonyl (C=O) groups is 1. The Morgan fingerprint density at radius 2 is 2.10 bits per heavy atom. The molecule has 0 aliphatic carbocycles.